The molecule has 0 unspecified atom stereocenters. The molecule has 68 valence electrons. The van der Waals surface area contributed by atoms with Crippen molar-refractivity contribution >= 4 is 11.9 Å². The lowest BCUT2D eigenvalue weighted by Gasteiger charge is -2.22. The number of carboxylic acid groups (broad SMARTS) is 1. The monoisotopic (exact) mass is 171 g/mol. The normalized spacial score (nSPS) is 19.8. The maximum Gasteiger partial charge on any atom is 0.305 e. The van der Waals surface area contributed by atoms with Crippen LogP contribution in [0.3, 0.4) is 0 Å². The van der Waals surface area contributed by atoms with E-state index in [4.69, 9.17) is 5.11 Å². The Morgan fingerprint density at radius 2 is 2.42 bits per heavy atom. The minimum atomic E-state index is -0.845. The third-order valence-corrected chi connectivity index (χ3v) is 2.11. The van der Waals surface area contributed by atoms with Crippen LogP contribution in [0.15, 0.2) is 0 Å². The van der Waals surface area contributed by atoms with Crippen LogP contribution in [-0.2, 0) is 9.59 Å². The summed E-state index contributed by atoms with van der Waals surface area (Å²) in [7, 11) is 0. The number of hydrogen-bond donors (Lipinski definition) is 1. The standard InChI is InChI=1S/C8H13NO3/c1-6(5-8(11)12)9-4-2-3-7(9)10/h6H,2-5H2,1H3,(H,11,12)/t6-/m1/s1. The van der Waals surface area contributed by atoms with Gasteiger partial charge in [0.05, 0.1) is 6.42 Å². The molecule has 0 spiro atoms. The van der Waals surface area contributed by atoms with E-state index in [0.717, 1.165) is 6.42 Å². The molecule has 1 heterocycles. The molecule has 1 saturated heterocycles. The van der Waals surface area contributed by atoms with Gasteiger partial charge in [-0.1, -0.05) is 0 Å². The molecule has 4 heteroatoms. The predicted octanol–water partition coefficient (Wildman–Crippen LogP) is 0.472. The average molecular weight is 171 g/mol. The van der Waals surface area contributed by atoms with Gasteiger partial charge < -0.3 is 10.0 Å². The molecular weight excluding hydrogens is 158 g/mol. The Bertz CT molecular complexity index is 202. The van der Waals surface area contributed by atoms with Crippen LogP contribution < -0.4 is 0 Å². The van der Waals surface area contributed by atoms with Gasteiger partial charge in [-0.25, -0.2) is 0 Å². The molecule has 0 aromatic carbocycles. The van der Waals surface area contributed by atoms with Crippen molar-refractivity contribution in [2.75, 3.05) is 6.54 Å². The zero-order valence-corrected chi connectivity index (χ0v) is 7.12. The van der Waals surface area contributed by atoms with E-state index in [1.165, 1.54) is 0 Å². The average Bonchev–Trinajstić information content (AvgIpc) is 2.33. The number of likely N-dealkylation sites (tertiary alicyclic amines) is 1. The van der Waals surface area contributed by atoms with Crippen LogP contribution in [0.25, 0.3) is 0 Å². The number of aliphatic carboxylic acids is 1. The van der Waals surface area contributed by atoms with E-state index in [1.54, 1.807) is 11.8 Å². The molecule has 0 aromatic rings. The van der Waals surface area contributed by atoms with E-state index in [1.807, 2.05) is 0 Å². The van der Waals surface area contributed by atoms with Crippen molar-refractivity contribution in [2.45, 2.75) is 32.2 Å². The molecule has 1 fully saturated rings. The number of hydrogen-bond acceptors (Lipinski definition) is 2. The highest BCUT2D eigenvalue weighted by Gasteiger charge is 2.25. The molecule has 0 bridgehead atoms. The molecule has 1 aliphatic rings. The van der Waals surface area contributed by atoms with Crippen LogP contribution in [-0.4, -0.2) is 34.5 Å². The fourth-order valence-corrected chi connectivity index (χ4v) is 1.50. The van der Waals surface area contributed by atoms with Gasteiger partial charge in [0.25, 0.3) is 0 Å². The Kier molecular flexibility index (Phi) is 2.68. The summed E-state index contributed by atoms with van der Waals surface area (Å²) in [5, 5.41) is 8.49. The van der Waals surface area contributed by atoms with Crippen LogP contribution in [0.5, 0.6) is 0 Å². The molecular formula is C8H13NO3. The lowest BCUT2D eigenvalue weighted by Crippen LogP contribution is -2.35. The van der Waals surface area contributed by atoms with E-state index in [0.29, 0.717) is 13.0 Å². The quantitative estimate of drug-likeness (QED) is 0.671. The summed E-state index contributed by atoms with van der Waals surface area (Å²) in [4.78, 5) is 23.1. The Morgan fingerprint density at radius 1 is 1.75 bits per heavy atom. The number of rotatable bonds is 3. The first-order valence-corrected chi connectivity index (χ1v) is 4.12. The zero-order chi connectivity index (χ0) is 9.14. The number of nitrogens with zero attached hydrogens (tertiary/aromatic N) is 1. The van der Waals surface area contributed by atoms with Gasteiger partial charge in [-0.2, -0.15) is 0 Å². The topological polar surface area (TPSA) is 57.6 Å². The lowest BCUT2D eigenvalue weighted by atomic mass is 10.2. The summed E-state index contributed by atoms with van der Waals surface area (Å²) < 4.78 is 0. The van der Waals surface area contributed by atoms with E-state index in [-0.39, 0.29) is 18.4 Å². The van der Waals surface area contributed by atoms with Crippen molar-refractivity contribution in [1.82, 2.24) is 4.90 Å². The summed E-state index contributed by atoms with van der Waals surface area (Å²) in [5.41, 5.74) is 0. The summed E-state index contributed by atoms with van der Waals surface area (Å²) in [6, 6.07) is -0.155. The van der Waals surface area contributed by atoms with Crippen LogP contribution in [0.4, 0.5) is 0 Å². The molecule has 0 aliphatic carbocycles. The number of amides is 1. The first kappa shape index (κ1) is 9.03. The van der Waals surface area contributed by atoms with Crippen LogP contribution in [0, 0.1) is 0 Å². The SMILES string of the molecule is C[C@H](CC(=O)O)N1CCCC1=O. The van der Waals surface area contributed by atoms with Crippen molar-refractivity contribution in [3.8, 4) is 0 Å². The second-order valence-corrected chi connectivity index (χ2v) is 3.14. The highest BCUT2D eigenvalue weighted by Crippen LogP contribution is 2.14. The first-order valence-electron chi connectivity index (χ1n) is 4.12. The number of carbonyl (C=O) groups excluding carboxylic acids is 1. The predicted molar refractivity (Wildman–Crippen MR) is 42.7 cm³/mol. The fourth-order valence-electron chi connectivity index (χ4n) is 1.50. The maximum absolute atomic E-state index is 11.1. The zero-order valence-electron chi connectivity index (χ0n) is 7.12. The molecule has 0 radical (unpaired) electrons. The minimum Gasteiger partial charge on any atom is -0.481 e. The second-order valence-electron chi connectivity index (χ2n) is 3.14. The third-order valence-electron chi connectivity index (χ3n) is 2.11. The Labute approximate surface area is 71.2 Å². The van der Waals surface area contributed by atoms with Gasteiger partial charge in [0, 0.05) is 19.0 Å². The van der Waals surface area contributed by atoms with E-state index < -0.39 is 5.97 Å². The Hall–Kier alpha value is -1.06. The van der Waals surface area contributed by atoms with Crippen molar-refractivity contribution in [2.24, 2.45) is 0 Å². The van der Waals surface area contributed by atoms with E-state index in [2.05, 4.69) is 0 Å². The fraction of sp³-hybridized carbons (Fsp3) is 0.750. The summed E-state index contributed by atoms with van der Waals surface area (Å²) >= 11 is 0. The molecule has 4 nitrogen and oxygen atoms in total. The van der Waals surface area contributed by atoms with Gasteiger partial charge >= 0.3 is 5.97 Å². The Morgan fingerprint density at radius 3 is 2.83 bits per heavy atom. The minimum absolute atomic E-state index is 0.0474. The van der Waals surface area contributed by atoms with Gasteiger partial charge in [-0.15, -0.1) is 0 Å². The highest BCUT2D eigenvalue weighted by molar-refractivity contribution is 5.79. The molecule has 1 N–H and O–H groups in total. The van der Waals surface area contributed by atoms with Crippen LogP contribution in [0.2, 0.25) is 0 Å². The van der Waals surface area contributed by atoms with Gasteiger partial charge in [-0.05, 0) is 13.3 Å². The van der Waals surface area contributed by atoms with Gasteiger partial charge in [0.15, 0.2) is 0 Å². The smallest absolute Gasteiger partial charge is 0.305 e. The summed E-state index contributed by atoms with van der Waals surface area (Å²) in [5.74, 6) is -0.758. The van der Waals surface area contributed by atoms with Crippen LogP contribution in [0.1, 0.15) is 26.2 Å². The first-order chi connectivity index (χ1) is 5.61. The molecule has 0 aromatic heterocycles. The summed E-state index contributed by atoms with van der Waals surface area (Å²) in [6.45, 7) is 2.49. The number of carbonyl (C=O) groups is 2. The molecule has 0 saturated carbocycles. The maximum atomic E-state index is 11.1. The van der Waals surface area contributed by atoms with Crippen molar-refractivity contribution in [1.29, 1.82) is 0 Å². The molecule has 1 aliphatic heterocycles. The van der Waals surface area contributed by atoms with Crippen LogP contribution >= 0.6 is 0 Å². The van der Waals surface area contributed by atoms with Gasteiger partial charge in [0.2, 0.25) is 5.91 Å². The largest absolute Gasteiger partial charge is 0.481 e. The Balaban J connectivity index is 2.45. The second kappa shape index (κ2) is 3.56. The molecule has 1 amide bonds. The molecule has 1 rings (SSSR count). The summed E-state index contributed by atoms with van der Waals surface area (Å²) in [6.07, 6.45) is 1.48. The highest BCUT2D eigenvalue weighted by atomic mass is 16.4. The van der Waals surface area contributed by atoms with Gasteiger partial charge in [-0.3, -0.25) is 9.59 Å². The lowest BCUT2D eigenvalue weighted by molar-refractivity contribution is -0.139. The number of carboxylic acids is 1. The van der Waals surface area contributed by atoms with E-state index >= 15 is 0 Å². The molecule has 12 heavy (non-hydrogen) atoms. The van der Waals surface area contributed by atoms with E-state index in [9.17, 15) is 9.59 Å². The van der Waals surface area contributed by atoms with Crippen molar-refractivity contribution in [3.63, 3.8) is 0 Å². The molecule has 1 atom stereocenters. The van der Waals surface area contributed by atoms with Crippen molar-refractivity contribution in [3.05, 3.63) is 0 Å². The third kappa shape index (κ3) is 1.96. The van der Waals surface area contributed by atoms with Gasteiger partial charge in [0.1, 0.15) is 0 Å². The van der Waals surface area contributed by atoms with Crippen molar-refractivity contribution < 1.29 is 14.7 Å².